The molecule has 0 bridgehead atoms. The molecule has 2 atom stereocenters. The van der Waals surface area contributed by atoms with Gasteiger partial charge in [-0.2, -0.15) is 5.10 Å². The molecule has 1 aromatic carbocycles. The average Bonchev–Trinajstić information content (AvgIpc) is 3.74. The molecular weight excluding hydrogens is 554 g/mol. The number of ether oxygens (including phenoxy) is 2. The van der Waals surface area contributed by atoms with Crippen LogP contribution in [0.15, 0.2) is 43.0 Å². The zero-order chi connectivity index (χ0) is 31.2. The second-order valence-corrected chi connectivity index (χ2v) is 13.5. The van der Waals surface area contributed by atoms with E-state index < -0.39 is 11.7 Å². The molecule has 4 aromatic rings. The molecule has 0 saturated carbocycles. The Hall–Kier alpha value is -3.76. The molecule has 2 aliphatic heterocycles. The first-order valence-corrected chi connectivity index (χ1v) is 15.8. The van der Waals surface area contributed by atoms with Crippen LogP contribution in [-0.2, 0) is 9.47 Å². The summed E-state index contributed by atoms with van der Waals surface area (Å²) >= 11 is 0. The van der Waals surface area contributed by atoms with E-state index in [1.54, 1.807) is 12.4 Å². The summed E-state index contributed by atoms with van der Waals surface area (Å²) < 4.78 is 14.8. The number of anilines is 1. The van der Waals surface area contributed by atoms with E-state index in [0.29, 0.717) is 17.2 Å². The minimum Gasteiger partial charge on any atom is -0.443 e. The quantitative estimate of drug-likeness (QED) is 0.242. The van der Waals surface area contributed by atoms with Crippen LogP contribution in [0.25, 0.3) is 33.5 Å². The molecule has 44 heavy (non-hydrogen) atoms. The van der Waals surface area contributed by atoms with E-state index in [9.17, 15) is 4.79 Å². The first-order chi connectivity index (χ1) is 21.0. The van der Waals surface area contributed by atoms with Crippen molar-refractivity contribution in [3.8, 4) is 22.4 Å². The lowest BCUT2D eigenvalue weighted by Gasteiger charge is -2.27. The fraction of sp³-hybridized carbons (Fsp3) is 0.529. The monoisotopic (exact) mass is 599 g/mol. The Kier molecular flexibility index (Phi) is 8.24. The van der Waals surface area contributed by atoms with Crippen LogP contribution < -0.4 is 4.90 Å². The second-order valence-electron chi connectivity index (χ2n) is 13.5. The predicted molar refractivity (Wildman–Crippen MR) is 173 cm³/mol. The maximum Gasteiger partial charge on any atom is 0.420 e. The Balaban J connectivity index is 1.48. The summed E-state index contributed by atoms with van der Waals surface area (Å²) in [6, 6.07) is 7.77. The van der Waals surface area contributed by atoms with Gasteiger partial charge in [-0.25, -0.2) is 19.3 Å². The van der Waals surface area contributed by atoms with Gasteiger partial charge in [0.25, 0.3) is 0 Å². The molecule has 5 heterocycles. The van der Waals surface area contributed by atoms with Crippen LogP contribution in [0.5, 0.6) is 0 Å². The van der Waals surface area contributed by atoms with E-state index in [1.165, 1.54) is 28.7 Å². The maximum atomic E-state index is 13.4. The normalized spacial score (nSPS) is 18.8. The molecule has 2 aliphatic rings. The zero-order valence-corrected chi connectivity index (χ0v) is 27.1. The largest absolute Gasteiger partial charge is 0.443 e. The van der Waals surface area contributed by atoms with Gasteiger partial charge in [0.15, 0.2) is 5.65 Å². The number of hydrogen-bond acceptors (Lipinski definition) is 8. The van der Waals surface area contributed by atoms with E-state index >= 15 is 0 Å². The number of hydrogen-bond donors (Lipinski definition) is 0. The average molecular weight is 600 g/mol. The molecule has 0 radical (unpaired) electrons. The molecule has 234 valence electrons. The summed E-state index contributed by atoms with van der Waals surface area (Å²) in [6.07, 6.45) is 11.2. The van der Waals surface area contributed by atoms with Crippen molar-refractivity contribution < 1.29 is 14.3 Å². The first kappa shape index (κ1) is 30.3. The highest BCUT2D eigenvalue weighted by molar-refractivity contribution is 5.97. The molecule has 0 amide bonds. The number of carbonyl (C=O) groups is 1. The Morgan fingerprint density at radius 1 is 1.07 bits per heavy atom. The van der Waals surface area contributed by atoms with E-state index in [0.717, 1.165) is 55.0 Å². The van der Waals surface area contributed by atoms with E-state index in [1.807, 2.05) is 37.8 Å². The van der Waals surface area contributed by atoms with Gasteiger partial charge in [-0.15, -0.1) is 0 Å². The molecular formula is C34H45N7O3. The van der Waals surface area contributed by atoms with E-state index in [2.05, 4.69) is 55.9 Å². The third-order valence-electron chi connectivity index (χ3n) is 8.94. The third kappa shape index (κ3) is 6.10. The van der Waals surface area contributed by atoms with Gasteiger partial charge in [0.1, 0.15) is 11.1 Å². The summed E-state index contributed by atoms with van der Waals surface area (Å²) in [4.78, 5) is 28.1. The molecule has 6 rings (SSSR count). The van der Waals surface area contributed by atoms with E-state index in [-0.39, 0.29) is 12.1 Å². The highest BCUT2D eigenvalue weighted by Gasteiger charge is 2.26. The van der Waals surface area contributed by atoms with Crippen molar-refractivity contribution in [2.45, 2.75) is 84.0 Å². The first-order valence-electron chi connectivity index (χ1n) is 15.8. The minimum atomic E-state index is -0.651. The van der Waals surface area contributed by atoms with Crippen LogP contribution >= 0.6 is 0 Å². The zero-order valence-electron chi connectivity index (χ0n) is 27.1. The fourth-order valence-corrected chi connectivity index (χ4v) is 6.22. The highest BCUT2D eigenvalue weighted by atomic mass is 16.6. The lowest BCUT2D eigenvalue weighted by molar-refractivity contribution is 0.0543. The van der Waals surface area contributed by atoms with Crippen molar-refractivity contribution in [2.24, 2.45) is 0 Å². The molecule has 2 unspecified atom stereocenters. The molecule has 10 nitrogen and oxygen atoms in total. The molecule has 0 N–H and O–H groups in total. The summed E-state index contributed by atoms with van der Waals surface area (Å²) in [7, 11) is 4.21. The molecule has 2 saturated heterocycles. The van der Waals surface area contributed by atoms with Gasteiger partial charge in [-0.05, 0) is 98.2 Å². The third-order valence-corrected chi connectivity index (χ3v) is 8.94. The number of benzene rings is 1. The number of rotatable bonds is 6. The fourth-order valence-electron chi connectivity index (χ4n) is 6.22. The van der Waals surface area contributed by atoms with Crippen molar-refractivity contribution in [1.29, 1.82) is 0 Å². The second kappa shape index (κ2) is 12.0. The summed E-state index contributed by atoms with van der Waals surface area (Å²) in [5.74, 6) is 0. The Bertz CT molecular complexity index is 1640. The number of aromatic nitrogens is 5. The van der Waals surface area contributed by atoms with Crippen molar-refractivity contribution in [2.75, 3.05) is 38.8 Å². The van der Waals surface area contributed by atoms with Crippen molar-refractivity contribution in [1.82, 2.24) is 29.2 Å². The SMILES string of the molecule is CC(c1cc(-c2cnc3c(n2)c(-c2cnn(C4CCOCC4)c2)cn3C(=O)OC(C)(C)C)cc(N2CCCC2C)c1)N(C)C. The smallest absolute Gasteiger partial charge is 0.420 e. The summed E-state index contributed by atoms with van der Waals surface area (Å²) in [5.41, 5.74) is 6.34. The van der Waals surface area contributed by atoms with E-state index in [4.69, 9.17) is 24.5 Å². The van der Waals surface area contributed by atoms with Gasteiger partial charge < -0.3 is 19.3 Å². The molecule has 0 spiro atoms. The van der Waals surface area contributed by atoms with Gasteiger partial charge >= 0.3 is 6.09 Å². The summed E-state index contributed by atoms with van der Waals surface area (Å²) in [6.45, 7) is 12.6. The number of fused-ring (bicyclic) bond motifs is 1. The Morgan fingerprint density at radius 3 is 2.52 bits per heavy atom. The standard InChI is InChI=1S/C34H45N7O3/c1-22-9-8-12-39(22)28-16-24(23(2)38(6)7)15-25(17-28)30-19-35-32-31(37-30)29(21-40(32)33(42)44-34(3,4)5)26-18-36-41(20-26)27-10-13-43-14-11-27/h15-23,27H,8-14H2,1-7H3. The van der Waals surface area contributed by atoms with Crippen molar-refractivity contribution in [3.05, 3.63) is 48.5 Å². The van der Waals surface area contributed by atoms with Gasteiger partial charge in [0.05, 0.1) is 24.1 Å². The molecule has 3 aromatic heterocycles. The number of carbonyl (C=O) groups excluding carboxylic acids is 1. The van der Waals surface area contributed by atoms with Crippen molar-refractivity contribution in [3.63, 3.8) is 0 Å². The Labute approximate surface area is 260 Å². The predicted octanol–water partition coefficient (Wildman–Crippen LogP) is 6.71. The topological polar surface area (TPSA) is 90.5 Å². The van der Waals surface area contributed by atoms with Crippen LogP contribution in [0.1, 0.15) is 77.9 Å². The Morgan fingerprint density at radius 2 is 1.84 bits per heavy atom. The van der Waals surface area contributed by atoms with Crippen LogP contribution in [0.4, 0.5) is 10.5 Å². The lowest BCUT2D eigenvalue weighted by Crippen LogP contribution is -2.27. The van der Waals surface area contributed by atoms with Gasteiger partial charge in [0.2, 0.25) is 0 Å². The van der Waals surface area contributed by atoms with Crippen LogP contribution in [-0.4, -0.2) is 80.8 Å². The minimum absolute atomic E-state index is 0.225. The van der Waals surface area contributed by atoms with Crippen LogP contribution in [0.3, 0.4) is 0 Å². The number of nitrogens with zero attached hydrogens (tertiary/aromatic N) is 7. The molecule has 10 heteroatoms. The maximum absolute atomic E-state index is 13.4. The van der Waals surface area contributed by atoms with Gasteiger partial charge in [0, 0.05) is 66.6 Å². The van der Waals surface area contributed by atoms with Crippen LogP contribution in [0, 0.1) is 0 Å². The lowest BCUT2D eigenvalue weighted by atomic mass is 10.0. The van der Waals surface area contributed by atoms with Gasteiger partial charge in [-0.3, -0.25) is 4.68 Å². The highest BCUT2D eigenvalue weighted by Crippen LogP contribution is 2.36. The van der Waals surface area contributed by atoms with Crippen LogP contribution in [0.2, 0.25) is 0 Å². The van der Waals surface area contributed by atoms with Gasteiger partial charge in [-0.1, -0.05) is 0 Å². The summed E-state index contributed by atoms with van der Waals surface area (Å²) in [5, 5.41) is 4.70. The molecule has 0 aliphatic carbocycles. The molecule has 2 fully saturated rings. The van der Waals surface area contributed by atoms with Crippen molar-refractivity contribution >= 4 is 22.9 Å².